The van der Waals surface area contributed by atoms with Gasteiger partial charge in [0.2, 0.25) is 0 Å². The maximum Gasteiger partial charge on any atom is 0.573 e. The molecule has 0 aliphatic carbocycles. The van der Waals surface area contributed by atoms with Gasteiger partial charge >= 0.3 is 12.4 Å². The Balaban J connectivity index is 1.56. The Labute approximate surface area is 139 Å². The van der Waals surface area contributed by atoms with Crippen molar-refractivity contribution in [3.05, 3.63) is 48.7 Å². The fourth-order valence-electron chi connectivity index (χ4n) is 1.99. The van der Waals surface area contributed by atoms with Crippen LogP contribution in [0.2, 0.25) is 0 Å². The molecule has 2 aromatic heterocycles. The lowest BCUT2D eigenvalue weighted by molar-refractivity contribution is -0.274. The molecule has 10 heteroatoms. The summed E-state index contributed by atoms with van der Waals surface area (Å²) in [6, 6.07) is 10.2. The molecule has 130 valence electrons. The van der Waals surface area contributed by atoms with E-state index in [2.05, 4.69) is 20.3 Å². The lowest BCUT2D eigenvalue weighted by Gasteiger charge is -2.10. The van der Waals surface area contributed by atoms with Gasteiger partial charge in [-0.05, 0) is 36.4 Å². The largest absolute Gasteiger partial charge is 0.573 e. The topological polar surface area (TPSA) is 77.8 Å². The minimum Gasteiger partial charge on any atom is -0.453 e. The molecule has 2 heterocycles. The summed E-state index contributed by atoms with van der Waals surface area (Å²) in [5.41, 5.74) is 0.868. The molecule has 0 saturated heterocycles. The van der Waals surface area contributed by atoms with Crippen molar-refractivity contribution in [1.29, 1.82) is 0 Å². The fraction of sp³-hybridized carbons (Fsp3) is 0.133. The van der Waals surface area contributed by atoms with Crippen LogP contribution in [0.4, 0.5) is 18.9 Å². The standard InChI is InChI=1S/C15H11F3N4O3/c16-15(17,18)25-11-6-4-10(5-7-11)19-13(23)9-24-14-21-20-12-3-1-2-8-22(12)14/h1-8H,9H2,(H,19,23). The van der Waals surface area contributed by atoms with Crippen LogP contribution in [0.1, 0.15) is 0 Å². The van der Waals surface area contributed by atoms with Crippen LogP contribution >= 0.6 is 0 Å². The van der Waals surface area contributed by atoms with E-state index in [1.165, 1.54) is 12.1 Å². The minimum atomic E-state index is -4.76. The third-order valence-electron chi connectivity index (χ3n) is 2.99. The van der Waals surface area contributed by atoms with E-state index in [1.54, 1.807) is 28.8 Å². The highest BCUT2D eigenvalue weighted by Gasteiger charge is 2.30. The molecule has 7 nitrogen and oxygen atoms in total. The highest BCUT2D eigenvalue weighted by molar-refractivity contribution is 5.91. The summed E-state index contributed by atoms with van der Waals surface area (Å²) in [6.45, 7) is -0.337. The number of alkyl halides is 3. The SMILES string of the molecule is O=C(COc1nnc2ccccn12)Nc1ccc(OC(F)(F)F)cc1. The van der Waals surface area contributed by atoms with Gasteiger partial charge in [-0.15, -0.1) is 18.3 Å². The summed E-state index contributed by atoms with van der Waals surface area (Å²) in [6.07, 6.45) is -3.08. The summed E-state index contributed by atoms with van der Waals surface area (Å²) < 4.78 is 46.8. The van der Waals surface area contributed by atoms with Crippen LogP contribution in [-0.4, -0.2) is 33.5 Å². The third-order valence-corrected chi connectivity index (χ3v) is 2.99. The van der Waals surface area contributed by atoms with Crippen LogP contribution in [0.3, 0.4) is 0 Å². The number of nitrogens with zero attached hydrogens (tertiary/aromatic N) is 3. The maximum absolute atomic E-state index is 12.1. The smallest absolute Gasteiger partial charge is 0.453 e. The number of rotatable bonds is 5. The zero-order chi connectivity index (χ0) is 17.9. The van der Waals surface area contributed by atoms with Crippen molar-refractivity contribution in [3.63, 3.8) is 0 Å². The van der Waals surface area contributed by atoms with Crippen LogP contribution in [0.15, 0.2) is 48.7 Å². The summed E-state index contributed by atoms with van der Waals surface area (Å²) in [7, 11) is 0. The predicted octanol–water partition coefficient (Wildman–Crippen LogP) is 2.65. The second-order valence-electron chi connectivity index (χ2n) is 4.82. The highest BCUT2D eigenvalue weighted by atomic mass is 19.4. The summed E-state index contributed by atoms with van der Waals surface area (Å²) in [5, 5.41) is 10.2. The minimum absolute atomic E-state index is 0.152. The fourth-order valence-corrected chi connectivity index (χ4v) is 1.99. The maximum atomic E-state index is 12.1. The second-order valence-corrected chi connectivity index (χ2v) is 4.82. The first-order valence-corrected chi connectivity index (χ1v) is 6.99. The van der Waals surface area contributed by atoms with Crippen LogP contribution < -0.4 is 14.8 Å². The van der Waals surface area contributed by atoms with Gasteiger partial charge in [0, 0.05) is 11.9 Å². The van der Waals surface area contributed by atoms with Crippen molar-refractivity contribution >= 4 is 17.2 Å². The van der Waals surface area contributed by atoms with E-state index in [4.69, 9.17) is 4.74 Å². The summed E-state index contributed by atoms with van der Waals surface area (Å²) in [4.78, 5) is 11.9. The molecule has 0 radical (unpaired) electrons. The van der Waals surface area contributed by atoms with E-state index in [-0.39, 0.29) is 18.4 Å². The number of amides is 1. The number of hydrogen-bond donors (Lipinski definition) is 1. The Morgan fingerprint density at radius 2 is 1.88 bits per heavy atom. The monoisotopic (exact) mass is 352 g/mol. The number of ether oxygens (including phenoxy) is 2. The van der Waals surface area contributed by atoms with Crippen LogP contribution in [0, 0.1) is 0 Å². The molecule has 3 rings (SSSR count). The number of carbonyl (C=O) groups is 1. The van der Waals surface area contributed by atoms with Crippen molar-refractivity contribution in [2.75, 3.05) is 11.9 Å². The lowest BCUT2D eigenvalue weighted by Crippen LogP contribution is -2.21. The highest BCUT2D eigenvalue weighted by Crippen LogP contribution is 2.23. The van der Waals surface area contributed by atoms with E-state index in [0.29, 0.717) is 11.3 Å². The first-order valence-electron chi connectivity index (χ1n) is 6.99. The van der Waals surface area contributed by atoms with Gasteiger partial charge in [0.15, 0.2) is 12.3 Å². The molecule has 1 aromatic carbocycles. The molecule has 0 unspecified atom stereocenters. The molecule has 1 amide bonds. The number of nitrogens with one attached hydrogen (secondary N) is 1. The number of carbonyl (C=O) groups excluding carboxylic acids is 1. The van der Waals surface area contributed by atoms with Crippen molar-refractivity contribution in [1.82, 2.24) is 14.6 Å². The van der Waals surface area contributed by atoms with E-state index in [9.17, 15) is 18.0 Å². The average Bonchev–Trinajstić information content (AvgIpc) is 2.97. The lowest BCUT2D eigenvalue weighted by atomic mass is 10.3. The van der Waals surface area contributed by atoms with E-state index in [1.807, 2.05) is 0 Å². The quantitative estimate of drug-likeness (QED) is 0.764. The Hall–Kier alpha value is -3.30. The van der Waals surface area contributed by atoms with Crippen molar-refractivity contribution in [2.45, 2.75) is 6.36 Å². The van der Waals surface area contributed by atoms with Crippen LogP contribution in [0.25, 0.3) is 5.65 Å². The molecular formula is C15H11F3N4O3. The number of halogens is 3. The number of anilines is 1. The van der Waals surface area contributed by atoms with Gasteiger partial charge < -0.3 is 14.8 Å². The van der Waals surface area contributed by atoms with Gasteiger partial charge in [-0.1, -0.05) is 11.2 Å². The molecule has 25 heavy (non-hydrogen) atoms. The van der Waals surface area contributed by atoms with Crippen molar-refractivity contribution in [3.8, 4) is 11.8 Å². The molecule has 0 bridgehead atoms. The zero-order valence-corrected chi connectivity index (χ0v) is 12.5. The van der Waals surface area contributed by atoms with E-state index >= 15 is 0 Å². The number of aromatic nitrogens is 3. The molecule has 0 aliphatic heterocycles. The van der Waals surface area contributed by atoms with Gasteiger partial charge in [0.25, 0.3) is 5.91 Å². The van der Waals surface area contributed by atoms with E-state index < -0.39 is 12.3 Å². The number of fused-ring (bicyclic) bond motifs is 1. The zero-order valence-electron chi connectivity index (χ0n) is 12.5. The molecule has 1 N–H and O–H groups in total. The Morgan fingerprint density at radius 1 is 1.12 bits per heavy atom. The Bertz CT molecular complexity index is 878. The average molecular weight is 352 g/mol. The van der Waals surface area contributed by atoms with Gasteiger partial charge in [0.1, 0.15) is 5.75 Å². The number of pyridine rings is 1. The molecule has 0 atom stereocenters. The number of hydrogen-bond acceptors (Lipinski definition) is 5. The third kappa shape index (κ3) is 4.37. The Kier molecular flexibility index (Phi) is 4.42. The molecule has 0 aliphatic rings. The number of benzene rings is 1. The first-order chi connectivity index (χ1) is 11.9. The van der Waals surface area contributed by atoms with Crippen molar-refractivity contribution in [2.24, 2.45) is 0 Å². The molecule has 3 aromatic rings. The molecular weight excluding hydrogens is 341 g/mol. The van der Waals surface area contributed by atoms with Gasteiger partial charge in [-0.2, -0.15) is 0 Å². The van der Waals surface area contributed by atoms with Gasteiger partial charge in [0.05, 0.1) is 0 Å². The van der Waals surface area contributed by atoms with Gasteiger partial charge in [-0.25, -0.2) is 0 Å². The molecule has 0 spiro atoms. The van der Waals surface area contributed by atoms with Crippen LogP contribution in [-0.2, 0) is 4.79 Å². The Morgan fingerprint density at radius 3 is 2.60 bits per heavy atom. The van der Waals surface area contributed by atoms with E-state index in [0.717, 1.165) is 12.1 Å². The molecule has 0 fully saturated rings. The van der Waals surface area contributed by atoms with Crippen molar-refractivity contribution < 1.29 is 27.4 Å². The predicted molar refractivity (Wildman–Crippen MR) is 80.2 cm³/mol. The summed E-state index contributed by atoms with van der Waals surface area (Å²) in [5.74, 6) is -0.881. The molecule has 0 saturated carbocycles. The van der Waals surface area contributed by atoms with Gasteiger partial charge in [-0.3, -0.25) is 9.20 Å². The van der Waals surface area contributed by atoms with Crippen LogP contribution in [0.5, 0.6) is 11.8 Å². The second kappa shape index (κ2) is 6.67. The normalized spacial score (nSPS) is 11.3. The first kappa shape index (κ1) is 16.6. The summed E-state index contributed by atoms with van der Waals surface area (Å²) >= 11 is 0.